The summed E-state index contributed by atoms with van der Waals surface area (Å²) in [6, 6.07) is 0.539. The summed E-state index contributed by atoms with van der Waals surface area (Å²) in [7, 11) is 0. The maximum atomic E-state index is 3.41. The first-order chi connectivity index (χ1) is 6.72. The van der Waals surface area contributed by atoms with Crippen LogP contribution >= 0.6 is 0 Å². The van der Waals surface area contributed by atoms with Crippen LogP contribution in [0.25, 0.3) is 0 Å². The van der Waals surface area contributed by atoms with Crippen LogP contribution in [0.5, 0.6) is 0 Å². The van der Waals surface area contributed by atoms with Gasteiger partial charge < -0.3 is 5.32 Å². The van der Waals surface area contributed by atoms with Gasteiger partial charge in [0, 0.05) is 6.04 Å². The Kier molecular flexibility index (Phi) is 5.24. The fraction of sp³-hybridized carbons (Fsp3) is 0.846. The second kappa shape index (κ2) is 6.23. The number of likely N-dealkylation sites (N-methyl/N-ethyl adjacent to an activating group) is 1. The van der Waals surface area contributed by atoms with Gasteiger partial charge in [0.15, 0.2) is 0 Å². The Balaban J connectivity index is 2.27. The predicted molar refractivity (Wildman–Crippen MR) is 63.4 cm³/mol. The van der Waals surface area contributed by atoms with E-state index in [1.807, 2.05) is 0 Å². The molecule has 0 saturated heterocycles. The van der Waals surface area contributed by atoms with Crippen LogP contribution in [0.15, 0.2) is 12.2 Å². The fourth-order valence-corrected chi connectivity index (χ4v) is 2.37. The molecule has 82 valence electrons. The molecule has 3 unspecified atom stereocenters. The summed E-state index contributed by atoms with van der Waals surface area (Å²) in [6.45, 7) is 7.83. The van der Waals surface area contributed by atoms with Gasteiger partial charge >= 0.3 is 0 Å². The third-order valence-corrected chi connectivity index (χ3v) is 3.18. The summed E-state index contributed by atoms with van der Waals surface area (Å²) >= 11 is 0. The van der Waals surface area contributed by atoms with Gasteiger partial charge in [-0.3, -0.25) is 0 Å². The lowest BCUT2D eigenvalue weighted by molar-refractivity contribution is 0.324. The van der Waals surface area contributed by atoms with Crippen LogP contribution in [0, 0.1) is 11.8 Å². The minimum absolute atomic E-state index is 0.539. The molecule has 1 nitrogen and oxygen atoms in total. The van der Waals surface area contributed by atoms with Gasteiger partial charge in [-0.1, -0.05) is 38.8 Å². The topological polar surface area (TPSA) is 12.0 Å². The van der Waals surface area contributed by atoms with E-state index in [1.165, 1.54) is 25.7 Å². The minimum atomic E-state index is 0.539. The highest BCUT2D eigenvalue weighted by atomic mass is 14.9. The Labute approximate surface area is 89.0 Å². The molecule has 1 aliphatic rings. The lowest BCUT2D eigenvalue weighted by Crippen LogP contribution is -2.23. The second-order valence-electron chi connectivity index (χ2n) is 4.76. The molecule has 0 aliphatic heterocycles. The largest absolute Gasteiger partial charge is 0.311 e. The van der Waals surface area contributed by atoms with Crippen molar-refractivity contribution in [3.8, 4) is 0 Å². The van der Waals surface area contributed by atoms with E-state index < -0.39 is 0 Å². The molecule has 0 spiro atoms. The smallest absolute Gasteiger partial charge is 0.0221 e. The van der Waals surface area contributed by atoms with E-state index in [1.54, 1.807) is 0 Å². The van der Waals surface area contributed by atoms with Crippen molar-refractivity contribution in [2.45, 2.75) is 52.5 Å². The van der Waals surface area contributed by atoms with Crippen molar-refractivity contribution in [3.63, 3.8) is 0 Å². The Morgan fingerprint density at radius 1 is 1.43 bits per heavy atom. The summed E-state index contributed by atoms with van der Waals surface area (Å²) < 4.78 is 0. The van der Waals surface area contributed by atoms with E-state index in [2.05, 4.69) is 38.2 Å². The molecule has 0 heterocycles. The molecule has 0 radical (unpaired) electrons. The zero-order valence-corrected chi connectivity index (χ0v) is 9.92. The van der Waals surface area contributed by atoms with Crippen LogP contribution in [0.1, 0.15) is 46.5 Å². The van der Waals surface area contributed by atoms with Gasteiger partial charge in [-0.05, 0) is 38.1 Å². The number of rotatable bonds is 4. The van der Waals surface area contributed by atoms with Gasteiger partial charge in [-0.2, -0.15) is 0 Å². The molecular formula is C13H25N. The van der Waals surface area contributed by atoms with E-state index in [9.17, 15) is 0 Å². The van der Waals surface area contributed by atoms with Gasteiger partial charge in [0.05, 0.1) is 0 Å². The van der Waals surface area contributed by atoms with Crippen LogP contribution < -0.4 is 5.32 Å². The van der Waals surface area contributed by atoms with Gasteiger partial charge in [-0.15, -0.1) is 0 Å². The van der Waals surface area contributed by atoms with Crippen LogP contribution in [0.2, 0.25) is 0 Å². The highest BCUT2D eigenvalue weighted by Crippen LogP contribution is 2.29. The van der Waals surface area contributed by atoms with Gasteiger partial charge in [-0.25, -0.2) is 0 Å². The second-order valence-corrected chi connectivity index (χ2v) is 4.76. The third-order valence-electron chi connectivity index (χ3n) is 3.18. The van der Waals surface area contributed by atoms with Crippen LogP contribution in [-0.2, 0) is 0 Å². The molecule has 0 aromatic rings. The molecule has 0 aromatic carbocycles. The fourth-order valence-electron chi connectivity index (χ4n) is 2.37. The molecule has 0 aromatic heterocycles. The van der Waals surface area contributed by atoms with Crippen molar-refractivity contribution in [3.05, 3.63) is 12.2 Å². The normalized spacial score (nSPS) is 30.8. The molecule has 1 fully saturated rings. The molecule has 0 amide bonds. The van der Waals surface area contributed by atoms with Gasteiger partial charge in [0.1, 0.15) is 0 Å². The lowest BCUT2D eigenvalue weighted by Gasteiger charge is -2.24. The summed E-state index contributed by atoms with van der Waals surface area (Å²) in [5.74, 6) is 1.78. The van der Waals surface area contributed by atoms with Crippen molar-refractivity contribution in [2.75, 3.05) is 6.54 Å². The number of nitrogens with one attached hydrogen (secondary N) is 1. The van der Waals surface area contributed by atoms with Crippen LogP contribution in [-0.4, -0.2) is 12.6 Å². The lowest BCUT2D eigenvalue weighted by atomic mass is 9.82. The predicted octanol–water partition coefficient (Wildman–Crippen LogP) is 3.37. The number of hydrogen-bond donors (Lipinski definition) is 1. The molecule has 1 rings (SSSR count). The first-order valence-electron chi connectivity index (χ1n) is 6.14. The average Bonchev–Trinajstić information content (AvgIpc) is 2.15. The number of allylic oxidation sites excluding steroid dienone is 1. The van der Waals surface area contributed by atoms with E-state index >= 15 is 0 Å². The zero-order chi connectivity index (χ0) is 10.4. The van der Waals surface area contributed by atoms with E-state index in [4.69, 9.17) is 0 Å². The molecular weight excluding hydrogens is 170 g/mol. The summed E-state index contributed by atoms with van der Waals surface area (Å²) in [5.41, 5.74) is 0. The molecule has 1 saturated carbocycles. The standard InChI is InChI=1S/C13H25N/c1-4-14-12(3)8-9-13-7-5-6-11(2)10-13/h8-9,11-14H,4-7,10H2,1-3H3/b9-8+. The summed E-state index contributed by atoms with van der Waals surface area (Å²) in [4.78, 5) is 0. The first kappa shape index (κ1) is 11.8. The van der Waals surface area contributed by atoms with E-state index in [0.29, 0.717) is 6.04 Å². The minimum Gasteiger partial charge on any atom is -0.311 e. The zero-order valence-electron chi connectivity index (χ0n) is 9.92. The highest BCUT2D eigenvalue weighted by molar-refractivity contribution is 4.96. The average molecular weight is 195 g/mol. The summed E-state index contributed by atoms with van der Waals surface area (Å²) in [5, 5.41) is 3.41. The molecule has 1 N–H and O–H groups in total. The number of hydrogen-bond acceptors (Lipinski definition) is 1. The van der Waals surface area contributed by atoms with E-state index in [-0.39, 0.29) is 0 Å². The molecule has 1 heteroatoms. The molecule has 14 heavy (non-hydrogen) atoms. The van der Waals surface area contributed by atoms with E-state index in [0.717, 1.165) is 18.4 Å². The van der Waals surface area contributed by atoms with Crippen molar-refractivity contribution < 1.29 is 0 Å². The maximum absolute atomic E-state index is 3.41. The third kappa shape index (κ3) is 4.28. The van der Waals surface area contributed by atoms with Gasteiger partial charge in [0.2, 0.25) is 0 Å². The Bertz CT molecular complexity index is 174. The van der Waals surface area contributed by atoms with Crippen LogP contribution in [0.4, 0.5) is 0 Å². The quantitative estimate of drug-likeness (QED) is 0.678. The first-order valence-corrected chi connectivity index (χ1v) is 6.14. The van der Waals surface area contributed by atoms with Crippen molar-refractivity contribution in [1.82, 2.24) is 5.32 Å². The van der Waals surface area contributed by atoms with Gasteiger partial charge in [0.25, 0.3) is 0 Å². The Morgan fingerprint density at radius 3 is 2.86 bits per heavy atom. The SMILES string of the molecule is CCNC(C)/C=C/C1CCCC(C)C1. The Hall–Kier alpha value is -0.300. The Morgan fingerprint density at radius 2 is 2.21 bits per heavy atom. The van der Waals surface area contributed by atoms with Crippen LogP contribution in [0.3, 0.4) is 0 Å². The summed E-state index contributed by atoms with van der Waals surface area (Å²) in [6.07, 6.45) is 10.4. The monoisotopic (exact) mass is 195 g/mol. The van der Waals surface area contributed by atoms with Crippen molar-refractivity contribution >= 4 is 0 Å². The highest BCUT2D eigenvalue weighted by Gasteiger charge is 2.16. The maximum Gasteiger partial charge on any atom is 0.0221 e. The van der Waals surface area contributed by atoms with Crippen molar-refractivity contribution in [1.29, 1.82) is 0 Å². The molecule has 1 aliphatic carbocycles. The van der Waals surface area contributed by atoms with Crippen molar-refractivity contribution in [2.24, 2.45) is 11.8 Å². The molecule has 3 atom stereocenters. The molecule has 0 bridgehead atoms.